The van der Waals surface area contributed by atoms with Gasteiger partial charge in [0.05, 0.1) is 6.07 Å². The molecular weight excluding hydrogens is 248 g/mol. The number of ether oxygens (including phenoxy) is 1. The number of nitrogens with zero attached hydrogens (tertiary/aromatic N) is 1. The Morgan fingerprint density at radius 3 is 2.60 bits per heavy atom. The standard InChI is InChI=1S/C17H26N2O/c1-6-9-19-14(11-18)12-20-16-8-7-13(2)10-15(16)17(3,4)5/h7-8,10,14,19H,6,9,12H2,1-5H3. The van der Waals surface area contributed by atoms with E-state index in [4.69, 9.17) is 10.00 Å². The zero-order chi connectivity index (χ0) is 15.2. The van der Waals surface area contributed by atoms with Crippen LogP contribution < -0.4 is 10.1 Å². The molecule has 3 nitrogen and oxygen atoms in total. The minimum absolute atomic E-state index is 0.0281. The third-order valence-corrected chi connectivity index (χ3v) is 3.15. The van der Waals surface area contributed by atoms with Gasteiger partial charge in [0.1, 0.15) is 18.4 Å². The molecular formula is C17H26N2O. The normalized spacial score (nSPS) is 12.8. The van der Waals surface area contributed by atoms with Crippen molar-refractivity contribution in [1.29, 1.82) is 5.26 Å². The Balaban J connectivity index is 2.80. The third-order valence-electron chi connectivity index (χ3n) is 3.15. The first-order valence-corrected chi connectivity index (χ1v) is 7.25. The highest BCUT2D eigenvalue weighted by molar-refractivity contribution is 5.41. The van der Waals surface area contributed by atoms with Crippen molar-refractivity contribution < 1.29 is 4.74 Å². The van der Waals surface area contributed by atoms with Gasteiger partial charge < -0.3 is 4.74 Å². The molecule has 0 radical (unpaired) electrons. The minimum Gasteiger partial charge on any atom is -0.491 e. The summed E-state index contributed by atoms with van der Waals surface area (Å²) < 4.78 is 5.88. The van der Waals surface area contributed by atoms with Gasteiger partial charge in [-0.2, -0.15) is 5.26 Å². The topological polar surface area (TPSA) is 45.0 Å². The van der Waals surface area contributed by atoms with Crippen molar-refractivity contribution in [3.8, 4) is 11.8 Å². The summed E-state index contributed by atoms with van der Waals surface area (Å²) in [6.45, 7) is 11.9. The lowest BCUT2D eigenvalue weighted by atomic mass is 9.85. The van der Waals surface area contributed by atoms with Gasteiger partial charge in [0.2, 0.25) is 0 Å². The van der Waals surface area contributed by atoms with E-state index in [1.54, 1.807) is 0 Å². The fourth-order valence-electron chi connectivity index (χ4n) is 1.99. The number of rotatable bonds is 6. The van der Waals surface area contributed by atoms with Crippen molar-refractivity contribution >= 4 is 0 Å². The van der Waals surface area contributed by atoms with Gasteiger partial charge in [-0.25, -0.2) is 0 Å². The minimum atomic E-state index is -0.260. The predicted octanol–water partition coefficient (Wildman–Crippen LogP) is 3.56. The molecule has 0 saturated heterocycles. The highest BCUT2D eigenvalue weighted by Gasteiger charge is 2.19. The van der Waals surface area contributed by atoms with Crippen molar-refractivity contribution in [3.05, 3.63) is 29.3 Å². The van der Waals surface area contributed by atoms with E-state index in [1.807, 2.05) is 12.1 Å². The molecule has 1 atom stereocenters. The lowest BCUT2D eigenvalue weighted by Crippen LogP contribution is -2.34. The summed E-state index contributed by atoms with van der Waals surface area (Å²) in [6, 6.07) is 8.19. The number of nitrogens with one attached hydrogen (secondary N) is 1. The molecule has 1 N–H and O–H groups in total. The van der Waals surface area contributed by atoms with Crippen molar-refractivity contribution in [3.63, 3.8) is 0 Å². The maximum absolute atomic E-state index is 9.11. The van der Waals surface area contributed by atoms with Crippen LogP contribution in [0.15, 0.2) is 18.2 Å². The number of aryl methyl sites for hydroxylation is 1. The molecule has 0 aliphatic carbocycles. The molecule has 0 aliphatic rings. The van der Waals surface area contributed by atoms with Crippen LogP contribution >= 0.6 is 0 Å². The van der Waals surface area contributed by atoms with Crippen LogP contribution in [0, 0.1) is 18.3 Å². The zero-order valence-electron chi connectivity index (χ0n) is 13.3. The summed E-state index contributed by atoms with van der Waals surface area (Å²) in [5.41, 5.74) is 2.44. The molecule has 3 heteroatoms. The van der Waals surface area contributed by atoms with E-state index in [1.165, 1.54) is 11.1 Å². The molecule has 0 amide bonds. The Bertz CT molecular complexity index is 469. The van der Waals surface area contributed by atoms with Gasteiger partial charge in [-0.3, -0.25) is 5.32 Å². The zero-order valence-corrected chi connectivity index (χ0v) is 13.3. The molecule has 0 aromatic heterocycles. The number of nitriles is 1. The van der Waals surface area contributed by atoms with E-state index >= 15 is 0 Å². The maximum Gasteiger partial charge on any atom is 0.130 e. The molecule has 1 aromatic carbocycles. The van der Waals surface area contributed by atoms with Crippen molar-refractivity contribution in [2.24, 2.45) is 0 Å². The average molecular weight is 274 g/mol. The second-order valence-corrected chi connectivity index (χ2v) is 6.20. The lowest BCUT2D eigenvalue weighted by Gasteiger charge is -2.24. The summed E-state index contributed by atoms with van der Waals surface area (Å²) in [5, 5.41) is 12.3. The van der Waals surface area contributed by atoms with E-state index in [0.29, 0.717) is 6.61 Å². The van der Waals surface area contributed by atoms with E-state index in [2.05, 4.69) is 52.1 Å². The first kappa shape index (κ1) is 16.5. The van der Waals surface area contributed by atoms with E-state index in [0.717, 1.165) is 18.7 Å². The first-order chi connectivity index (χ1) is 9.38. The van der Waals surface area contributed by atoms with Gasteiger partial charge in [-0.1, -0.05) is 45.4 Å². The molecule has 0 heterocycles. The van der Waals surface area contributed by atoms with Crippen LogP contribution in [0.4, 0.5) is 0 Å². The maximum atomic E-state index is 9.11. The lowest BCUT2D eigenvalue weighted by molar-refractivity contribution is 0.282. The van der Waals surface area contributed by atoms with Crippen LogP contribution in [-0.4, -0.2) is 19.2 Å². The largest absolute Gasteiger partial charge is 0.491 e. The van der Waals surface area contributed by atoms with E-state index in [-0.39, 0.29) is 11.5 Å². The second-order valence-electron chi connectivity index (χ2n) is 6.20. The summed E-state index contributed by atoms with van der Waals surface area (Å²) in [6.07, 6.45) is 1.01. The Labute approximate surface area is 123 Å². The number of hydrogen-bond acceptors (Lipinski definition) is 3. The van der Waals surface area contributed by atoms with Crippen LogP contribution in [0.3, 0.4) is 0 Å². The summed E-state index contributed by atoms with van der Waals surface area (Å²) in [4.78, 5) is 0. The summed E-state index contributed by atoms with van der Waals surface area (Å²) in [5.74, 6) is 0.877. The van der Waals surface area contributed by atoms with Gasteiger partial charge in [0.25, 0.3) is 0 Å². The van der Waals surface area contributed by atoms with Crippen LogP contribution in [0.1, 0.15) is 45.2 Å². The molecule has 0 bridgehead atoms. The molecule has 0 spiro atoms. The Kier molecular flexibility index (Phi) is 6.04. The van der Waals surface area contributed by atoms with Gasteiger partial charge in [0.15, 0.2) is 0 Å². The van der Waals surface area contributed by atoms with Crippen molar-refractivity contribution in [1.82, 2.24) is 5.32 Å². The Hall–Kier alpha value is -1.53. The van der Waals surface area contributed by atoms with Gasteiger partial charge in [-0.15, -0.1) is 0 Å². The van der Waals surface area contributed by atoms with Gasteiger partial charge in [0, 0.05) is 0 Å². The molecule has 1 unspecified atom stereocenters. The molecule has 0 aliphatic heterocycles. The number of benzene rings is 1. The third kappa shape index (κ3) is 4.86. The molecule has 20 heavy (non-hydrogen) atoms. The molecule has 1 rings (SSSR count). The Morgan fingerprint density at radius 2 is 2.05 bits per heavy atom. The summed E-state index contributed by atoms with van der Waals surface area (Å²) >= 11 is 0. The average Bonchev–Trinajstić information content (AvgIpc) is 2.39. The molecule has 110 valence electrons. The van der Waals surface area contributed by atoms with Crippen LogP contribution in [0.2, 0.25) is 0 Å². The predicted molar refractivity (Wildman–Crippen MR) is 83.1 cm³/mol. The van der Waals surface area contributed by atoms with Crippen LogP contribution in [0.25, 0.3) is 0 Å². The fourth-order valence-corrected chi connectivity index (χ4v) is 1.99. The summed E-state index contributed by atoms with van der Waals surface area (Å²) in [7, 11) is 0. The highest BCUT2D eigenvalue weighted by atomic mass is 16.5. The smallest absolute Gasteiger partial charge is 0.130 e. The van der Waals surface area contributed by atoms with Gasteiger partial charge >= 0.3 is 0 Å². The molecule has 0 saturated carbocycles. The highest BCUT2D eigenvalue weighted by Crippen LogP contribution is 2.32. The van der Waals surface area contributed by atoms with E-state index in [9.17, 15) is 0 Å². The monoisotopic (exact) mass is 274 g/mol. The molecule has 1 aromatic rings. The van der Waals surface area contributed by atoms with Crippen LogP contribution in [0.5, 0.6) is 5.75 Å². The van der Waals surface area contributed by atoms with Gasteiger partial charge in [-0.05, 0) is 36.9 Å². The number of hydrogen-bond donors (Lipinski definition) is 1. The SMILES string of the molecule is CCCNC(C#N)COc1ccc(C)cc1C(C)(C)C. The second kappa shape index (κ2) is 7.31. The Morgan fingerprint density at radius 1 is 1.35 bits per heavy atom. The first-order valence-electron chi connectivity index (χ1n) is 7.25. The van der Waals surface area contributed by atoms with Crippen LogP contribution in [-0.2, 0) is 5.41 Å². The molecule has 0 fully saturated rings. The fraction of sp³-hybridized carbons (Fsp3) is 0.588. The van der Waals surface area contributed by atoms with Crippen molar-refractivity contribution in [2.45, 2.75) is 52.5 Å². The van der Waals surface area contributed by atoms with Crippen molar-refractivity contribution in [2.75, 3.05) is 13.2 Å². The quantitative estimate of drug-likeness (QED) is 0.862. The van der Waals surface area contributed by atoms with E-state index < -0.39 is 0 Å².